The number of alkyl halides is 2. The molecule has 0 radical (unpaired) electrons. The second-order valence-corrected chi connectivity index (χ2v) is 4.17. The Morgan fingerprint density at radius 2 is 2.18 bits per heavy atom. The summed E-state index contributed by atoms with van der Waals surface area (Å²) < 4.78 is 28.7. The van der Waals surface area contributed by atoms with Crippen molar-refractivity contribution < 1.29 is 18.3 Å². The van der Waals surface area contributed by atoms with Gasteiger partial charge in [-0.25, -0.2) is 4.98 Å². The highest BCUT2D eigenvalue weighted by Crippen LogP contribution is 2.33. The van der Waals surface area contributed by atoms with E-state index in [-0.39, 0.29) is 5.88 Å². The Hall–Kier alpha value is -1.82. The Labute approximate surface area is 99.7 Å². The van der Waals surface area contributed by atoms with E-state index in [9.17, 15) is 13.6 Å². The third-order valence-electron chi connectivity index (χ3n) is 1.98. The second kappa shape index (κ2) is 5.01. The van der Waals surface area contributed by atoms with Gasteiger partial charge in [0.2, 0.25) is 5.88 Å². The van der Waals surface area contributed by atoms with Gasteiger partial charge in [0.05, 0.1) is 10.4 Å². The molecule has 0 unspecified atom stereocenters. The Kier molecular flexibility index (Phi) is 3.43. The van der Waals surface area contributed by atoms with Gasteiger partial charge in [-0.3, -0.25) is 4.79 Å². The minimum absolute atomic E-state index is 0.137. The van der Waals surface area contributed by atoms with Crippen LogP contribution in [-0.2, 0) is 0 Å². The summed E-state index contributed by atoms with van der Waals surface area (Å²) in [5.41, 5.74) is 0.450. The van der Waals surface area contributed by atoms with Crippen molar-refractivity contribution in [1.82, 2.24) is 4.98 Å². The van der Waals surface area contributed by atoms with E-state index >= 15 is 0 Å². The van der Waals surface area contributed by atoms with E-state index in [1.165, 1.54) is 17.5 Å². The normalized spacial score (nSPS) is 10.5. The molecule has 2 aromatic rings. The number of ether oxygens (including phenoxy) is 1. The van der Waals surface area contributed by atoms with Gasteiger partial charge in [-0.05, 0) is 24.3 Å². The van der Waals surface area contributed by atoms with Gasteiger partial charge < -0.3 is 4.74 Å². The number of carbonyl (C=O) groups is 1. The second-order valence-electron chi connectivity index (χ2n) is 3.05. The molecule has 2 heterocycles. The van der Waals surface area contributed by atoms with Gasteiger partial charge in [-0.1, -0.05) is 0 Å². The van der Waals surface area contributed by atoms with Crippen LogP contribution in [0.25, 0.3) is 10.4 Å². The van der Waals surface area contributed by atoms with Crippen LogP contribution in [0.15, 0.2) is 30.5 Å². The van der Waals surface area contributed by atoms with Crippen molar-refractivity contribution >= 4 is 17.6 Å². The number of halogens is 2. The van der Waals surface area contributed by atoms with Crippen LogP contribution >= 0.6 is 11.3 Å². The van der Waals surface area contributed by atoms with Crippen LogP contribution in [0.1, 0.15) is 9.67 Å². The van der Waals surface area contributed by atoms with Crippen molar-refractivity contribution in [3.63, 3.8) is 0 Å². The van der Waals surface area contributed by atoms with Crippen molar-refractivity contribution in [2.24, 2.45) is 0 Å². The van der Waals surface area contributed by atoms with Gasteiger partial charge in [0, 0.05) is 11.1 Å². The van der Waals surface area contributed by atoms with Crippen molar-refractivity contribution in [1.29, 1.82) is 0 Å². The van der Waals surface area contributed by atoms with Gasteiger partial charge in [0.15, 0.2) is 6.29 Å². The molecule has 0 saturated carbocycles. The summed E-state index contributed by atoms with van der Waals surface area (Å²) in [6.07, 6.45) is 2.08. The summed E-state index contributed by atoms with van der Waals surface area (Å²) in [6.45, 7) is -2.92. The average Bonchev–Trinajstić information content (AvgIpc) is 2.77. The molecule has 0 amide bonds. The molecule has 0 N–H and O–H groups in total. The first-order chi connectivity index (χ1) is 8.20. The standard InChI is InChI=1S/C11H7F2NO2S/c12-11(13)16-10-8(2-1-5-14-10)9-4-3-7(6-15)17-9/h1-6,11H. The average molecular weight is 255 g/mol. The van der Waals surface area contributed by atoms with Crippen molar-refractivity contribution in [2.45, 2.75) is 6.61 Å². The first-order valence-corrected chi connectivity index (χ1v) is 5.47. The quantitative estimate of drug-likeness (QED) is 0.787. The Balaban J connectivity index is 2.40. The Morgan fingerprint density at radius 3 is 2.82 bits per heavy atom. The van der Waals surface area contributed by atoms with Gasteiger partial charge >= 0.3 is 6.61 Å². The third kappa shape index (κ3) is 2.65. The number of pyridine rings is 1. The van der Waals surface area contributed by atoms with E-state index in [0.29, 0.717) is 21.6 Å². The molecule has 6 heteroatoms. The molecule has 0 aliphatic rings. The highest BCUT2D eigenvalue weighted by Gasteiger charge is 2.13. The van der Waals surface area contributed by atoms with E-state index in [1.807, 2.05) is 0 Å². The summed E-state index contributed by atoms with van der Waals surface area (Å²) in [7, 11) is 0. The van der Waals surface area contributed by atoms with E-state index in [4.69, 9.17) is 0 Å². The van der Waals surface area contributed by atoms with E-state index in [1.54, 1.807) is 24.3 Å². The van der Waals surface area contributed by atoms with E-state index < -0.39 is 6.61 Å². The van der Waals surface area contributed by atoms with Gasteiger partial charge in [-0.2, -0.15) is 8.78 Å². The van der Waals surface area contributed by atoms with Crippen molar-refractivity contribution in [3.05, 3.63) is 35.3 Å². The topological polar surface area (TPSA) is 39.2 Å². The lowest BCUT2D eigenvalue weighted by atomic mass is 10.2. The minimum Gasteiger partial charge on any atom is -0.416 e. The number of hydrogen-bond donors (Lipinski definition) is 0. The molecular weight excluding hydrogens is 248 g/mol. The zero-order valence-corrected chi connectivity index (χ0v) is 9.29. The predicted octanol–water partition coefficient (Wildman–Crippen LogP) is 3.22. The molecule has 0 fully saturated rings. The molecule has 0 spiro atoms. The smallest absolute Gasteiger partial charge is 0.388 e. The number of rotatable bonds is 4. The highest BCUT2D eigenvalue weighted by molar-refractivity contribution is 7.17. The SMILES string of the molecule is O=Cc1ccc(-c2cccnc2OC(F)F)s1. The fraction of sp³-hybridized carbons (Fsp3) is 0.0909. The highest BCUT2D eigenvalue weighted by atomic mass is 32.1. The maximum Gasteiger partial charge on any atom is 0.388 e. The maximum atomic E-state index is 12.2. The molecule has 3 nitrogen and oxygen atoms in total. The monoisotopic (exact) mass is 255 g/mol. The first kappa shape index (κ1) is 11.7. The molecule has 17 heavy (non-hydrogen) atoms. The summed E-state index contributed by atoms with van der Waals surface area (Å²) in [5, 5.41) is 0. The molecule has 0 atom stereocenters. The molecule has 88 valence electrons. The Bertz CT molecular complexity index is 528. The molecule has 0 aliphatic carbocycles. The summed E-state index contributed by atoms with van der Waals surface area (Å²) in [6, 6.07) is 6.52. The zero-order valence-electron chi connectivity index (χ0n) is 8.47. The maximum absolute atomic E-state index is 12.2. The zero-order chi connectivity index (χ0) is 12.3. The van der Waals surface area contributed by atoms with Gasteiger partial charge in [0.25, 0.3) is 0 Å². The molecule has 0 saturated heterocycles. The summed E-state index contributed by atoms with van der Waals surface area (Å²) in [4.78, 5) is 15.5. The van der Waals surface area contributed by atoms with Crippen LogP contribution in [0.2, 0.25) is 0 Å². The molecule has 0 aromatic carbocycles. The van der Waals surface area contributed by atoms with Crippen molar-refractivity contribution in [2.75, 3.05) is 0 Å². The number of thiophene rings is 1. The lowest BCUT2D eigenvalue weighted by Crippen LogP contribution is -2.04. The molecule has 0 bridgehead atoms. The fourth-order valence-electron chi connectivity index (χ4n) is 1.32. The van der Waals surface area contributed by atoms with Crippen molar-refractivity contribution in [3.8, 4) is 16.3 Å². The molecule has 0 aliphatic heterocycles. The predicted molar refractivity (Wildman–Crippen MR) is 59.6 cm³/mol. The number of aldehydes is 1. The summed E-state index contributed by atoms with van der Waals surface area (Å²) >= 11 is 1.19. The lowest BCUT2D eigenvalue weighted by Gasteiger charge is -2.07. The number of hydrogen-bond acceptors (Lipinski definition) is 4. The van der Waals surface area contributed by atoms with Crippen LogP contribution < -0.4 is 4.74 Å². The van der Waals surface area contributed by atoms with Crippen LogP contribution in [-0.4, -0.2) is 17.9 Å². The largest absolute Gasteiger partial charge is 0.416 e. The molecular formula is C11H7F2NO2S. The number of carbonyl (C=O) groups excluding carboxylic acids is 1. The van der Waals surface area contributed by atoms with Gasteiger partial charge in [-0.15, -0.1) is 11.3 Å². The fourth-order valence-corrected chi connectivity index (χ4v) is 2.16. The Morgan fingerprint density at radius 1 is 1.35 bits per heavy atom. The number of nitrogens with zero attached hydrogens (tertiary/aromatic N) is 1. The van der Waals surface area contributed by atoms with Crippen LogP contribution in [0.5, 0.6) is 5.88 Å². The van der Waals surface area contributed by atoms with Gasteiger partial charge in [0.1, 0.15) is 0 Å². The van der Waals surface area contributed by atoms with E-state index in [0.717, 1.165) is 0 Å². The molecule has 2 rings (SSSR count). The summed E-state index contributed by atoms with van der Waals surface area (Å²) in [5.74, 6) is -0.137. The third-order valence-corrected chi connectivity index (χ3v) is 3.02. The minimum atomic E-state index is -2.92. The first-order valence-electron chi connectivity index (χ1n) is 4.66. The van der Waals surface area contributed by atoms with Crippen LogP contribution in [0.4, 0.5) is 8.78 Å². The lowest BCUT2D eigenvalue weighted by molar-refractivity contribution is -0.0524. The van der Waals surface area contributed by atoms with Crippen LogP contribution in [0, 0.1) is 0 Å². The number of aromatic nitrogens is 1. The van der Waals surface area contributed by atoms with Crippen LogP contribution in [0.3, 0.4) is 0 Å². The van der Waals surface area contributed by atoms with E-state index in [2.05, 4.69) is 9.72 Å². The molecule has 2 aromatic heterocycles.